The van der Waals surface area contributed by atoms with Gasteiger partial charge in [-0.1, -0.05) is 0 Å². The van der Waals surface area contributed by atoms with E-state index >= 15 is 0 Å². The van der Waals surface area contributed by atoms with Gasteiger partial charge in [-0.15, -0.1) is 0 Å². The number of aromatic nitrogens is 1. The number of H-pyrrole nitrogens is 1. The average molecular weight is 273 g/mol. The summed E-state index contributed by atoms with van der Waals surface area (Å²) >= 11 is 0. The van der Waals surface area contributed by atoms with Crippen molar-refractivity contribution < 1.29 is 13.9 Å². The number of aromatic amines is 1. The van der Waals surface area contributed by atoms with Gasteiger partial charge in [0, 0.05) is 23.2 Å². The Labute approximate surface area is 112 Å². The Morgan fingerprint density at radius 3 is 2.30 bits per heavy atom. The second-order valence-corrected chi connectivity index (χ2v) is 4.41. The van der Waals surface area contributed by atoms with Crippen LogP contribution in [-0.4, -0.2) is 10.1 Å². The molecule has 0 saturated carbocycles. The molecule has 3 nitrogen and oxygen atoms in total. The number of hydrogen-bond donors (Lipinski definition) is 2. The van der Waals surface area contributed by atoms with Crippen LogP contribution in [0.3, 0.4) is 0 Å². The lowest BCUT2D eigenvalue weighted by Crippen LogP contribution is -2.04. The number of pyridine rings is 1. The van der Waals surface area contributed by atoms with Gasteiger partial charge in [0.25, 0.3) is 0 Å². The molecule has 0 atom stereocenters. The Balaban J connectivity index is 2.26. The highest BCUT2D eigenvalue weighted by atomic mass is 19.2. The van der Waals surface area contributed by atoms with Crippen molar-refractivity contribution in [2.24, 2.45) is 0 Å². The number of halogens is 2. The van der Waals surface area contributed by atoms with Crippen LogP contribution in [0.5, 0.6) is 5.75 Å². The molecule has 0 unspecified atom stereocenters. The van der Waals surface area contributed by atoms with Crippen molar-refractivity contribution in [3.63, 3.8) is 0 Å². The van der Waals surface area contributed by atoms with Gasteiger partial charge in [0.05, 0.1) is 5.52 Å². The topological polar surface area (TPSA) is 53.1 Å². The number of aromatic hydroxyl groups is 1. The molecule has 5 heteroatoms. The maximum Gasteiger partial charge on any atom is 0.190 e. The normalized spacial score (nSPS) is 10.9. The average Bonchev–Trinajstić information content (AvgIpc) is 2.42. The third kappa shape index (κ3) is 2.03. The molecule has 0 aliphatic rings. The zero-order chi connectivity index (χ0) is 14.3. The Bertz CT molecular complexity index is 854. The SMILES string of the molecule is O=c1cc(-c2ccc(O)cc2)[nH]c2cc(F)c(F)cc12. The maximum atomic E-state index is 13.2. The van der Waals surface area contributed by atoms with Crippen LogP contribution in [0.4, 0.5) is 8.78 Å². The predicted octanol–water partition coefficient (Wildman–Crippen LogP) is 3.18. The highest BCUT2D eigenvalue weighted by molar-refractivity contribution is 5.81. The van der Waals surface area contributed by atoms with E-state index < -0.39 is 17.1 Å². The van der Waals surface area contributed by atoms with E-state index in [1.54, 1.807) is 12.1 Å². The quantitative estimate of drug-likeness (QED) is 0.715. The van der Waals surface area contributed by atoms with E-state index in [1.807, 2.05) is 0 Å². The second kappa shape index (κ2) is 4.45. The molecule has 0 spiro atoms. The zero-order valence-corrected chi connectivity index (χ0v) is 10.2. The molecule has 0 bridgehead atoms. The molecule has 2 aromatic carbocycles. The number of benzene rings is 2. The molecule has 0 aliphatic heterocycles. The smallest absolute Gasteiger partial charge is 0.190 e. The fourth-order valence-corrected chi connectivity index (χ4v) is 2.04. The van der Waals surface area contributed by atoms with Gasteiger partial charge in [-0.25, -0.2) is 8.78 Å². The summed E-state index contributed by atoms with van der Waals surface area (Å²) in [5, 5.41) is 9.32. The highest BCUT2D eigenvalue weighted by Crippen LogP contribution is 2.22. The third-order valence-electron chi connectivity index (χ3n) is 3.05. The summed E-state index contributed by atoms with van der Waals surface area (Å²) in [7, 11) is 0. The van der Waals surface area contributed by atoms with Gasteiger partial charge in [0.15, 0.2) is 17.1 Å². The molecule has 20 heavy (non-hydrogen) atoms. The molecule has 0 aliphatic carbocycles. The van der Waals surface area contributed by atoms with E-state index in [-0.39, 0.29) is 16.7 Å². The van der Waals surface area contributed by atoms with Crippen LogP contribution in [0.25, 0.3) is 22.2 Å². The van der Waals surface area contributed by atoms with Crippen molar-refractivity contribution in [2.45, 2.75) is 0 Å². The Morgan fingerprint density at radius 2 is 1.60 bits per heavy atom. The molecule has 3 rings (SSSR count). The molecule has 3 aromatic rings. The second-order valence-electron chi connectivity index (χ2n) is 4.41. The molecule has 0 amide bonds. The summed E-state index contributed by atoms with van der Waals surface area (Å²) in [6.45, 7) is 0. The molecule has 1 aromatic heterocycles. The minimum atomic E-state index is -1.06. The summed E-state index contributed by atoms with van der Waals surface area (Å²) in [6.07, 6.45) is 0. The molecular formula is C15H9F2NO2. The molecule has 0 radical (unpaired) electrons. The molecule has 0 saturated heterocycles. The fraction of sp³-hybridized carbons (Fsp3) is 0. The van der Waals surface area contributed by atoms with E-state index in [9.17, 15) is 18.7 Å². The summed E-state index contributed by atoms with van der Waals surface area (Å²) in [4.78, 5) is 14.8. The molecule has 1 heterocycles. The van der Waals surface area contributed by atoms with Crippen molar-refractivity contribution in [3.05, 3.63) is 64.3 Å². The summed E-state index contributed by atoms with van der Waals surface area (Å²) < 4.78 is 26.4. The van der Waals surface area contributed by atoms with E-state index in [4.69, 9.17) is 0 Å². The number of phenolic OH excluding ortho intramolecular Hbond substituents is 1. The molecule has 0 fully saturated rings. The number of phenols is 1. The number of rotatable bonds is 1. The maximum absolute atomic E-state index is 13.2. The van der Waals surface area contributed by atoms with Crippen molar-refractivity contribution in [2.75, 3.05) is 0 Å². The Morgan fingerprint density at radius 1 is 0.950 bits per heavy atom. The first kappa shape index (κ1) is 12.3. The van der Waals surface area contributed by atoms with Crippen molar-refractivity contribution in [1.29, 1.82) is 0 Å². The molecule has 100 valence electrons. The third-order valence-corrected chi connectivity index (χ3v) is 3.05. The van der Waals surface area contributed by atoms with Gasteiger partial charge >= 0.3 is 0 Å². The van der Waals surface area contributed by atoms with Gasteiger partial charge in [0.2, 0.25) is 0 Å². The van der Waals surface area contributed by atoms with Crippen LogP contribution < -0.4 is 5.43 Å². The van der Waals surface area contributed by atoms with E-state index in [0.29, 0.717) is 11.3 Å². The summed E-state index contributed by atoms with van der Waals surface area (Å²) in [6, 6.07) is 9.33. The van der Waals surface area contributed by atoms with Crippen LogP contribution in [0.15, 0.2) is 47.3 Å². The number of fused-ring (bicyclic) bond motifs is 1. The standard InChI is InChI=1S/C15H9F2NO2/c16-11-5-10-14(6-12(11)17)18-13(7-15(10)20)8-1-3-9(19)4-2-8/h1-7,19H,(H,18,20). The van der Waals surface area contributed by atoms with Gasteiger partial charge in [-0.2, -0.15) is 0 Å². The monoisotopic (exact) mass is 273 g/mol. The molecular weight excluding hydrogens is 264 g/mol. The first-order valence-corrected chi connectivity index (χ1v) is 5.86. The van der Waals surface area contributed by atoms with E-state index in [2.05, 4.69) is 4.98 Å². The van der Waals surface area contributed by atoms with Crippen LogP contribution >= 0.6 is 0 Å². The molecule has 2 N–H and O–H groups in total. The van der Waals surface area contributed by atoms with E-state index in [1.165, 1.54) is 18.2 Å². The van der Waals surface area contributed by atoms with E-state index in [0.717, 1.165) is 12.1 Å². The zero-order valence-electron chi connectivity index (χ0n) is 10.2. The lowest BCUT2D eigenvalue weighted by Gasteiger charge is -2.05. The first-order chi connectivity index (χ1) is 9.54. The van der Waals surface area contributed by atoms with Gasteiger partial charge in [-0.3, -0.25) is 4.79 Å². The lowest BCUT2D eigenvalue weighted by atomic mass is 10.1. The largest absolute Gasteiger partial charge is 0.508 e. The van der Waals surface area contributed by atoms with Crippen molar-refractivity contribution in [3.8, 4) is 17.0 Å². The summed E-state index contributed by atoms with van der Waals surface area (Å²) in [5.74, 6) is -1.97. The number of hydrogen-bond acceptors (Lipinski definition) is 2. The van der Waals surface area contributed by atoms with Crippen LogP contribution in [0.2, 0.25) is 0 Å². The first-order valence-electron chi connectivity index (χ1n) is 5.86. The van der Waals surface area contributed by atoms with Crippen molar-refractivity contribution in [1.82, 2.24) is 4.98 Å². The number of nitrogens with one attached hydrogen (secondary N) is 1. The minimum Gasteiger partial charge on any atom is -0.508 e. The van der Waals surface area contributed by atoms with Crippen LogP contribution in [-0.2, 0) is 0 Å². The van der Waals surface area contributed by atoms with Gasteiger partial charge in [0.1, 0.15) is 5.75 Å². The lowest BCUT2D eigenvalue weighted by molar-refractivity contribution is 0.475. The van der Waals surface area contributed by atoms with Crippen molar-refractivity contribution >= 4 is 10.9 Å². The highest BCUT2D eigenvalue weighted by Gasteiger charge is 2.09. The fourth-order valence-electron chi connectivity index (χ4n) is 2.04. The minimum absolute atomic E-state index is 0.0893. The van der Waals surface area contributed by atoms with Gasteiger partial charge in [-0.05, 0) is 35.9 Å². The summed E-state index contributed by atoms with van der Waals surface area (Å²) in [5.41, 5.74) is 0.945. The Hall–Kier alpha value is -2.69. The van der Waals surface area contributed by atoms with Crippen LogP contribution in [0.1, 0.15) is 0 Å². The van der Waals surface area contributed by atoms with Crippen LogP contribution in [0, 0.1) is 11.6 Å². The Kier molecular flexibility index (Phi) is 2.75. The predicted molar refractivity (Wildman–Crippen MR) is 71.6 cm³/mol. The van der Waals surface area contributed by atoms with Gasteiger partial charge < -0.3 is 10.1 Å².